The Balaban J connectivity index is 1.55. The van der Waals surface area contributed by atoms with E-state index in [1.54, 1.807) is 11.5 Å². The van der Waals surface area contributed by atoms with Gasteiger partial charge in [-0.3, -0.25) is 14.9 Å². The molecule has 0 unspecified atom stereocenters. The molecule has 10 heteroatoms. The second kappa shape index (κ2) is 10.1. The molecule has 1 amide bonds. The number of rotatable bonds is 8. The molecule has 0 spiro atoms. The minimum atomic E-state index is -0.713. The van der Waals surface area contributed by atoms with Crippen molar-refractivity contribution in [1.82, 2.24) is 25.2 Å². The maximum atomic E-state index is 14.2. The third-order valence-corrected chi connectivity index (χ3v) is 5.56. The van der Waals surface area contributed by atoms with Gasteiger partial charge in [0, 0.05) is 55.9 Å². The summed E-state index contributed by atoms with van der Waals surface area (Å²) in [4.78, 5) is 18.3. The number of benzene rings is 1. The first-order chi connectivity index (χ1) is 15.5. The average Bonchev–Trinajstić information content (AvgIpc) is 3.15. The minimum absolute atomic E-state index is 0.0697. The largest absolute Gasteiger partial charge is 0.379 e. The lowest BCUT2D eigenvalue weighted by molar-refractivity contribution is 0.0384. The van der Waals surface area contributed by atoms with Crippen LogP contribution < -0.4 is 10.8 Å². The van der Waals surface area contributed by atoms with Crippen LogP contribution in [0.4, 0.5) is 8.78 Å². The number of morpholine rings is 1. The van der Waals surface area contributed by atoms with Gasteiger partial charge in [0.2, 0.25) is 0 Å². The zero-order valence-electron chi connectivity index (χ0n) is 17.5. The number of amides is 1. The zero-order chi connectivity index (χ0) is 22.5. The molecule has 4 rings (SSSR count). The molecule has 3 N–H and O–H groups in total. The van der Waals surface area contributed by atoms with Crippen molar-refractivity contribution in [3.8, 4) is 0 Å². The van der Waals surface area contributed by atoms with Gasteiger partial charge in [-0.1, -0.05) is 6.07 Å². The molecule has 8 nitrogen and oxygen atoms in total. The van der Waals surface area contributed by atoms with Crippen molar-refractivity contribution >= 4 is 16.8 Å². The first kappa shape index (κ1) is 22.3. The Hall–Kier alpha value is -2.92. The van der Waals surface area contributed by atoms with Gasteiger partial charge in [0.25, 0.3) is 5.91 Å². The summed E-state index contributed by atoms with van der Waals surface area (Å²) >= 11 is 0. The lowest BCUT2D eigenvalue weighted by atomic mass is 10.1. The van der Waals surface area contributed by atoms with Crippen molar-refractivity contribution < 1.29 is 23.5 Å². The topological polar surface area (TPSA) is 91.6 Å². The maximum Gasteiger partial charge on any atom is 0.293 e. The van der Waals surface area contributed by atoms with Crippen molar-refractivity contribution in [3.05, 3.63) is 65.1 Å². The van der Waals surface area contributed by atoms with E-state index in [2.05, 4.69) is 15.2 Å². The number of hydroxylamine groups is 1. The van der Waals surface area contributed by atoms with Crippen molar-refractivity contribution in [2.75, 3.05) is 39.4 Å². The van der Waals surface area contributed by atoms with Crippen LogP contribution in [0.1, 0.15) is 21.6 Å². The van der Waals surface area contributed by atoms with Gasteiger partial charge in [0.1, 0.15) is 17.3 Å². The second-order valence-electron chi connectivity index (χ2n) is 7.68. The summed E-state index contributed by atoms with van der Waals surface area (Å²) < 4.78 is 34.7. The molecule has 0 aliphatic carbocycles. The number of fused-ring (bicyclic) bond motifs is 1. The fourth-order valence-corrected chi connectivity index (χ4v) is 3.83. The van der Waals surface area contributed by atoms with Gasteiger partial charge in [0.05, 0.1) is 31.5 Å². The molecule has 1 saturated heterocycles. The molecular weight excluding hydrogens is 420 g/mol. The molecule has 1 aromatic carbocycles. The van der Waals surface area contributed by atoms with Gasteiger partial charge >= 0.3 is 0 Å². The van der Waals surface area contributed by atoms with E-state index in [0.717, 1.165) is 56.4 Å². The van der Waals surface area contributed by atoms with Gasteiger partial charge in [-0.2, -0.15) is 0 Å². The van der Waals surface area contributed by atoms with E-state index in [1.165, 1.54) is 18.3 Å². The summed E-state index contributed by atoms with van der Waals surface area (Å²) in [7, 11) is 0. The number of hydrogen-bond acceptors (Lipinski definition) is 6. The summed E-state index contributed by atoms with van der Waals surface area (Å²) in [5, 5.41) is 13.1. The molecular formula is C22H25F2N5O3. The molecule has 3 aromatic rings. The van der Waals surface area contributed by atoms with Gasteiger partial charge in [-0.05, 0) is 17.7 Å². The molecule has 1 fully saturated rings. The van der Waals surface area contributed by atoms with Crippen LogP contribution in [0.15, 0.2) is 36.7 Å². The summed E-state index contributed by atoms with van der Waals surface area (Å²) in [6.45, 7) is 5.70. The lowest BCUT2D eigenvalue weighted by Gasteiger charge is -2.26. The van der Waals surface area contributed by atoms with Gasteiger partial charge in [-0.15, -0.1) is 0 Å². The average molecular weight is 445 g/mol. The predicted molar refractivity (Wildman–Crippen MR) is 113 cm³/mol. The molecule has 1 aliphatic heterocycles. The van der Waals surface area contributed by atoms with Crippen LogP contribution in [-0.2, 0) is 17.8 Å². The molecule has 1 aliphatic rings. The highest BCUT2D eigenvalue weighted by Gasteiger charge is 2.15. The number of nitrogens with zero attached hydrogens (tertiary/aromatic N) is 3. The van der Waals surface area contributed by atoms with Gasteiger partial charge < -0.3 is 14.6 Å². The number of nitrogens with one attached hydrogen (secondary N) is 2. The Bertz CT molecular complexity index is 1100. The molecule has 0 atom stereocenters. The van der Waals surface area contributed by atoms with E-state index >= 15 is 0 Å². The highest BCUT2D eigenvalue weighted by molar-refractivity contribution is 5.96. The fourth-order valence-electron chi connectivity index (χ4n) is 3.83. The third-order valence-electron chi connectivity index (χ3n) is 5.56. The highest BCUT2D eigenvalue weighted by Crippen LogP contribution is 2.24. The Labute approximate surface area is 183 Å². The van der Waals surface area contributed by atoms with Gasteiger partial charge in [0.15, 0.2) is 0 Å². The van der Waals surface area contributed by atoms with Gasteiger partial charge in [-0.25, -0.2) is 19.2 Å². The summed E-state index contributed by atoms with van der Waals surface area (Å²) in [5.74, 6) is -1.97. The van der Waals surface area contributed by atoms with Crippen molar-refractivity contribution in [3.63, 3.8) is 0 Å². The SMILES string of the molecule is O=C(NO)c1cc2c(CNCCN3CCOCC3)cn(Cc3ccc(F)cc3F)c2cn1. The number of ether oxygens (including phenoxy) is 1. The smallest absolute Gasteiger partial charge is 0.293 e. The zero-order valence-corrected chi connectivity index (χ0v) is 17.5. The van der Waals surface area contributed by atoms with Crippen LogP contribution in [0.5, 0.6) is 0 Å². The number of carbonyl (C=O) groups excluding carboxylic acids is 1. The molecule has 0 radical (unpaired) electrons. The third kappa shape index (κ3) is 5.10. The Morgan fingerprint density at radius 3 is 2.75 bits per heavy atom. The molecule has 32 heavy (non-hydrogen) atoms. The first-order valence-corrected chi connectivity index (χ1v) is 10.4. The normalized spacial score (nSPS) is 14.7. The number of hydrogen-bond donors (Lipinski definition) is 3. The molecule has 0 bridgehead atoms. The van der Waals surface area contributed by atoms with E-state index in [0.29, 0.717) is 17.6 Å². The standard InChI is InChI=1S/C22H25F2N5O3/c23-17-2-1-15(19(24)9-17)13-29-14-16(11-25-3-4-28-5-7-32-8-6-28)18-10-20(22(30)27-31)26-12-21(18)29/h1-2,9-10,12,14,25,31H,3-8,11,13H2,(H,27,30). The van der Waals surface area contributed by atoms with E-state index in [1.807, 2.05) is 10.8 Å². The van der Waals surface area contributed by atoms with E-state index < -0.39 is 17.5 Å². The van der Waals surface area contributed by atoms with Crippen LogP contribution in [0.3, 0.4) is 0 Å². The fraction of sp³-hybridized carbons (Fsp3) is 0.364. The van der Waals surface area contributed by atoms with Crippen LogP contribution in [0, 0.1) is 11.6 Å². The minimum Gasteiger partial charge on any atom is -0.379 e. The number of halogens is 2. The van der Waals surface area contributed by atoms with E-state index in [9.17, 15) is 13.6 Å². The van der Waals surface area contributed by atoms with Crippen molar-refractivity contribution in [2.45, 2.75) is 13.1 Å². The monoisotopic (exact) mass is 445 g/mol. The number of carbonyl (C=O) groups is 1. The van der Waals surface area contributed by atoms with Crippen LogP contribution in [0.2, 0.25) is 0 Å². The summed E-state index contributed by atoms with van der Waals surface area (Å²) in [5.41, 5.74) is 3.60. The predicted octanol–water partition coefficient (Wildman–Crippen LogP) is 1.90. The van der Waals surface area contributed by atoms with Crippen molar-refractivity contribution in [2.24, 2.45) is 0 Å². The van der Waals surface area contributed by atoms with Crippen molar-refractivity contribution in [1.29, 1.82) is 0 Å². The Morgan fingerprint density at radius 2 is 2.00 bits per heavy atom. The summed E-state index contributed by atoms with van der Waals surface area (Å²) in [6, 6.07) is 5.09. The first-order valence-electron chi connectivity index (χ1n) is 10.4. The molecule has 3 heterocycles. The maximum absolute atomic E-state index is 14.2. The molecule has 170 valence electrons. The second-order valence-corrected chi connectivity index (χ2v) is 7.68. The number of aromatic nitrogens is 2. The van der Waals surface area contributed by atoms with E-state index in [-0.39, 0.29) is 12.2 Å². The Morgan fingerprint density at radius 1 is 1.19 bits per heavy atom. The number of pyridine rings is 1. The summed E-state index contributed by atoms with van der Waals surface area (Å²) in [6.07, 6.45) is 3.38. The Kier molecular flexibility index (Phi) is 7.05. The van der Waals surface area contributed by atoms with Crippen LogP contribution in [0.25, 0.3) is 10.9 Å². The molecule has 2 aromatic heterocycles. The molecule has 0 saturated carbocycles. The van der Waals surface area contributed by atoms with Crippen LogP contribution >= 0.6 is 0 Å². The van der Waals surface area contributed by atoms with Crippen LogP contribution in [-0.4, -0.2) is 65.0 Å². The van der Waals surface area contributed by atoms with E-state index in [4.69, 9.17) is 9.94 Å². The highest BCUT2D eigenvalue weighted by atomic mass is 19.1. The lowest BCUT2D eigenvalue weighted by Crippen LogP contribution is -2.40. The quantitative estimate of drug-likeness (QED) is 0.279.